The van der Waals surface area contributed by atoms with E-state index in [2.05, 4.69) is 10.3 Å². The first kappa shape index (κ1) is 12.6. The molecule has 0 radical (unpaired) electrons. The van der Waals surface area contributed by atoms with Gasteiger partial charge in [0.15, 0.2) is 0 Å². The zero-order chi connectivity index (χ0) is 13.1. The van der Waals surface area contributed by atoms with Gasteiger partial charge in [0.25, 0.3) is 5.91 Å². The fraction of sp³-hybridized carbons (Fsp3) is 0.231. The van der Waals surface area contributed by atoms with Gasteiger partial charge in [-0.05, 0) is 32.0 Å². The van der Waals surface area contributed by atoms with Crippen LogP contribution in [0.4, 0.5) is 0 Å². The molecule has 1 unspecified atom stereocenters. The Morgan fingerprint density at radius 2 is 2.22 bits per heavy atom. The fourth-order valence-electron chi connectivity index (χ4n) is 1.58. The molecular formula is C13H13ClN2O2. The summed E-state index contributed by atoms with van der Waals surface area (Å²) in [5.74, 6) is 1.25. The van der Waals surface area contributed by atoms with Crippen LogP contribution in [0.15, 0.2) is 35.0 Å². The maximum Gasteiger partial charge on any atom is 0.254 e. The number of hydrogen-bond acceptors (Lipinski definition) is 3. The molecule has 2 aromatic rings. The Morgan fingerprint density at radius 3 is 2.83 bits per heavy atom. The summed E-state index contributed by atoms with van der Waals surface area (Å²) >= 11 is 5.93. The van der Waals surface area contributed by atoms with Crippen LogP contribution < -0.4 is 5.32 Å². The topological polar surface area (TPSA) is 55.1 Å². The summed E-state index contributed by atoms with van der Waals surface area (Å²) in [4.78, 5) is 15.9. The Labute approximate surface area is 110 Å². The van der Waals surface area contributed by atoms with Gasteiger partial charge in [-0.2, -0.15) is 0 Å². The van der Waals surface area contributed by atoms with Crippen LogP contribution >= 0.6 is 11.6 Å². The van der Waals surface area contributed by atoms with E-state index in [9.17, 15) is 4.79 Å². The molecule has 5 heteroatoms. The van der Waals surface area contributed by atoms with Crippen LogP contribution in [0.1, 0.15) is 34.8 Å². The normalized spacial score (nSPS) is 12.2. The molecule has 0 aliphatic rings. The van der Waals surface area contributed by atoms with E-state index in [1.54, 1.807) is 12.3 Å². The number of aromatic nitrogens is 1. The molecule has 2 rings (SSSR count). The van der Waals surface area contributed by atoms with E-state index in [1.807, 2.05) is 26.0 Å². The summed E-state index contributed by atoms with van der Waals surface area (Å²) in [7, 11) is 0. The van der Waals surface area contributed by atoms with Gasteiger partial charge in [0.05, 0.1) is 16.6 Å². The van der Waals surface area contributed by atoms with Crippen molar-refractivity contribution in [3.8, 4) is 0 Å². The zero-order valence-electron chi connectivity index (χ0n) is 10.1. The highest BCUT2D eigenvalue weighted by atomic mass is 35.5. The first-order valence-electron chi connectivity index (χ1n) is 5.54. The molecule has 4 nitrogen and oxygen atoms in total. The molecule has 0 aliphatic carbocycles. The summed E-state index contributed by atoms with van der Waals surface area (Å²) in [5, 5.41) is 3.19. The third kappa shape index (κ3) is 2.71. The Hall–Kier alpha value is -1.81. The van der Waals surface area contributed by atoms with E-state index >= 15 is 0 Å². The van der Waals surface area contributed by atoms with Gasteiger partial charge < -0.3 is 9.73 Å². The number of carbonyl (C=O) groups is 1. The van der Waals surface area contributed by atoms with Crippen molar-refractivity contribution in [3.63, 3.8) is 0 Å². The molecule has 0 saturated heterocycles. The number of rotatable bonds is 3. The van der Waals surface area contributed by atoms with Crippen LogP contribution in [0.3, 0.4) is 0 Å². The lowest BCUT2D eigenvalue weighted by Crippen LogP contribution is -2.26. The molecule has 94 valence electrons. The Balaban J connectivity index is 2.10. The van der Waals surface area contributed by atoms with Crippen molar-refractivity contribution in [1.82, 2.24) is 10.3 Å². The second-order valence-corrected chi connectivity index (χ2v) is 4.41. The number of furan rings is 1. The number of pyridine rings is 1. The highest BCUT2D eigenvalue weighted by Crippen LogP contribution is 2.18. The SMILES string of the molecule is Cc1ccc(C(C)NC(=O)c2cnccc2Cl)o1. The minimum absolute atomic E-state index is 0.220. The number of carbonyl (C=O) groups excluding carboxylic acids is 1. The van der Waals surface area contributed by atoms with E-state index < -0.39 is 0 Å². The van der Waals surface area contributed by atoms with E-state index in [1.165, 1.54) is 6.20 Å². The number of hydrogen-bond donors (Lipinski definition) is 1. The second kappa shape index (κ2) is 5.23. The van der Waals surface area contributed by atoms with Crippen LogP contribution in [0.25, 0.3) is 0 Å². The smallest absolute Gasteiger partial charge is 0.254 e. The van der Waals surface area contributed by atoms with Crippen LogP contribution in [0, 0.1) is 6.92 Å². The first-order chi connectivity index (χ1) is 8.58. The molecule has 2 aromatic heterocycles. The lowest BCUT2D eigenvalue weighted by atomic mass is 10.2. The molecule has 0 bridgehead atoms. The quantitative estimate of drug-likeness (QED) is 0.927. The van der Waals surface area contributed by atoms with Crippen molar-refractivity contribution < 1.29 is 9.21 Å². The molecule has 2 heterocycles. The fourth-order valence-corrected chi connectivity index (χ4v) is 1.77. The van der Waals surface area contributed by atoms with Gasteiger partial charge in [-0.15, -0.1) is 0 Å². The van der Waals surface area contributed by atoms with Gasteiger partial charge in [-0.25, -0.2) is 0 Å². The zero-order valence-corrected chi connectivity index (χ0v) is 10.9. The predicted octanol–water partition coefficient (Wildman–Crippen LogP) is 3.13. The highest BCUT2D eigenvalue weighted by Gasteiger charge is 2.16. The van der Waals surface area contributed by atoms with Gasteiger partial charge in [-0.1, -0.05) is 11.6 Å². The second-order valence-electron chi connectivity index (χ2n) is 4.00. The van der Waals surface area contributed by atoms with Gasteiger partial charge in [0, 0.05) is 12.4 Å². The summed E-state index contributed by atoms with van der Waals surface area (Å²) in [6.07, 6.45) is 2.98. The van der Waals surface area contributed by atoms with Crippen molar-refractivity contribution in [2.24, 2.45) is 0 Å². The maximum atomic E-state index is 12.0. The van der Waals surface area contributed by atoms with Crippen LogP contribution in [0.2, 0.25) is 5.02 Å². The van der Waals surface area contributed by atoms with E-state index in [-0.39, 0.29) is 11.9 Å². The predicted molar refractivity (Wildman–Crippen MR) is 68.6 cm³/mol. The molecule has 0 saturated carbocycles. The molecule has 0 spiro atoms. The molecule has 1 atom stereocenters. The average molecular weight is 265 g/mol. The maximum absolute atomic E-state index is 12.0. The average Bonchev–Trinajstić information content (AvgIpc) is 2.76. The van der Waals surface area contributed by atoms with Gasteiger partial charge >= 0.3 is 0 Å². The highest BCUT2D eigenvalue weighted by molar-refractivity contribution is 6.33. The summed E-state index contributed by atoms with van der Waals surface area (Å²) < 4.78 is 5.45. The Bertz CT molecular complexity index is 566. The van der Waals surface area contributed by atoms with Crippen molar-refractivity contribution in [1.29, 1.82) is 0 Å². The standard InChI is InChI=1S/C13H13ClN2O2/c1-8-3-4-12(18-8)9(2)16-13(17)10-7-15-6-5-11(10)14/h3-7,9H,1-2H3,(H,16,17). The number of nitrogens with one attached hydrogen (secondary N) is 1. The third-order valence-corrected chi connectivity index (χ3v) is 2.88. The van der Waals surface area contributed by atoms with Gasteiger partial charge in [0.2, 0.25) is 0 Å². The molecule has 0 fully saturated rings. The van der Waals surface area contributed by atoms with E-state index in [0.29, 0.717) is 16.3 Å². The van der Waals surface area contributed by atoms with E-state index in [0.717, 1.165) is 5.76 Å². The molecular weight excluding hydrogens is 252 g/mol. The lowest BCUT2D eigenvalue weighted by Gasteiger charge is -2.11. The minimum Gasteiger partial charge on any atom is -0.464 e. The third-order valence-electron chi connectivity index (χ3n) is 2.55. The number of nitrogens with zero attached hydrogens (tertiary/aromatic N) is 1. The first-order valence-corrected chi connectivity index (χ1v) is 5.92. The van der Waals surface area contributed by atoms with Crippen LogP contribution in [-0.4, -0.2) is 10.9 Å². The van der Waals surface area contributed by atoms with Crippen molar-refractivity contribution in [3.05, 3.63) is 52.7 Å². The largest absolute Gasteiger partial charge is 0.464 e. The molecule has 1 amide bonds. The van der Waals surface area contributed by atoms with Crippen molar-refractivity contribution in [2.75, 3.05) is 0 Å². The van der Waals surface area contributed by atoms with E-state index in [4.69, 9.17) is 16.0 Å². The molecule has 1 N–H and O–H groups in total. The minimum atomic E-state index is -0.269. The van der Waals surface area contributed by atoms with Gasteiger partial charge in [0.1, 0.15) is 11.5 Å². The van der Waals surface area contributed by atoms with Crippen molar-refractivity contribution in [2.45, 2.75) is 19.9 Å². The lowest BCUT2D eigenvalue weighted by molar-refractivity contribution is 0.0935. The number of aryl methyl sites for hydroxylation is 1. The molecule has 0 aromatic carbocycles. The summed E-state index contributed by atoms with van der Waals surface area (Å²) in [6, 6.07) is 5.06. The van der Waals surface area contributed by atoms with Crippen molar-refractivity contribution >= 4 is 17.5 Å². The monoisotopic (exact) mass is 264 g/mol. The summed E-state index contributed by atoms with van der Waals surface area (Å²) in [6.45, 7) is 3.70. The molecule has 0 aliphatic heterocycles. The van der Waals surface area contributed by atoms with Crippen LogP contribution in [0.5, 0.6) is 0 Å². The summed E-state index contributed by atoms with van der Waals surface area (Å²) in [5.41, 5.74) is 0.356. The Kier molecular flexibility index (Phi) is 3.67. The Morgan fingerprint density at radius 1 is 1.44 bits per heavy atom. The number of halogens is 1. The van der Waals surface area contributed by atoms with Gasteiger partial charge in [-0.3, -0.25) is 9.78 Å². The number of amides is 1. The van der Waals surface area contributed by atoms with Crippen LogP contribution in [-0.2, 0) is 0 Å². The molecule has 18 heavy (non-hydrogen) atoms.